The molecule has 0 aromatic rings. The van der Waals surface area contributed by atoms with Gasteiger partial charge in [-0.3, -0.25) is 4.79 Å². The third-order valence-electron chi connectivity index (χ3n) is 1.66. The van der Waals surface area contributed by atoms with Gasteiger partial charge in [-0.2, -0.15) is 0 Å². The zero-order chi connectivity index (χ0) is 12.0. The highest BCUT2D eigenvalue weighted by atomic mass is 16.4. The number of aliphatic imine (C=N–C) groups is 1. The summed E-state index contributed by atoms with van der Waals surface area (Å²) in [7, 11) is 0. The second-order valence-electron chi connectivity index (χ2n) is 2.93. The van der Waals surface area contributed by atoms with Gasteiger partial charge in [0.05, 0.1) is 0 Å². The van der Waals surface area contributed by atoms with Crippen molar-refractivity contribution in [2.24, 2.45) is 22.2 Å². The van der Waals surface area contributed by atoms with Gasteiger partial charge in [0.2, 0.25) is 0 Å². The lowest BCUT2D eigenvalue weighted by Gasteiger charge is -2.09. The lowest BCUT2D eigenvalue weighted by atomic mass is 10.1. The first-order chi connectivity index (χ1) is 6.84. The smallest absolute Gasteiger partial charge is 0.328 e. The van der Waals surface area contributed by atoms with Gasteiger partial charge in [0, 0.05) is 0 Å². The van der Waals surface area contributed by atoms with Crippen molar-refractivity contribution in [2.45, 2.75) is 24.9 Å². The summed E-state index contributed by atoms with van der Waals surface area (Å²) in [5.41, 5.74) is 15.2. The number of aliphatic carboxylic acids is 2. The van der Waals surface area contributed by atoms with E-state index in [1.54, 1.807) is 0 Å². The zero-order valence-electron chi connectivity index (χ0n) is 7.96. The Hall–Kier alpha value is -1.83. The van der Waals surface area contributed by atoms with Gasteiger partial charge in [0.1, 0.15) is 6.04 Å². The van der Waals surface area contributed by atoms with Gasteiger partial charge in [-0.1, -0.05) is 0 Å². The molecule has 0 bridgehead atoms. The van der Waals surface area contributed by atoms with E-state index in [1.165, 1.54) is 0 Å². The highest BCUT2D eigenvalue weighted by Gasteiger charge is 2.20. The molecule has 8 N–H and O–H groups in total. The summed E-state index contributed by atoms with van der Waals surface area (Å²) in [4.78, 5) is 24.4. The number of hydrogen-bond donors (Lipinski definition) is 5. The minimum Gasteiger partial charge on any atom is -0.480 e. The largest absolute Gasteiger partial charge is 0.480 e. The Bertz CT molecular complexity index is 274. The molecule has 0 saturated carbocycles. The molecule has 0 aliphatic rings. The fraction of sp³-hybridized carbons (Fsp3) is 0.571. The van der Waals surface area contributed by atoms with Gasteiger partial charge in [-0.15, -0.1) is 0 Å². The highest BCUT2D eigenvalue weighted by Crippen LogP contribution is 2.04. The van der Waals surface area contributed by atoms with Gasteiger partial charge in [0.25, 0.3) is 0 Å². The first-order valence-corrected chi connectivity index (χ1v) is 4.14. The highest BCUT2D eigenvalue weighted by molar-refractivity contribution is 5.81. The predicted molar refractivity (Wildman–Crippen MR) is 52.1 cm³/mol. The molecule has 0 radical (unpaired) electrons. The number of hydrogen-bond acceptors (Lipinski definition) is 4. The quantitative estimate of drug-likeness (QED) is 0.251. The number of carboxylic acid groups (broad SMARTS) is 2. The van der Waals surface area contributed by atoms with Crippen molar-refractivity contribution in [1.82, 2.24) is 0 Å². The van der Waals surface area contributed by atoms with Crippen LogP contribution in [-0.2, 0) is 9.59 Å². The Balaban J connectivity index is 4.26. The van der Waals surface area contributed by atoms with E-state index in [4.69, 9.17) is 27.4 Å². The number of guanidine groups is 1. The SMILES string of the molecule is NC(N)=NC(CC[C@H](N)C(=O)O)C(=O)O. The average Bonchev–Trinajstić information content (AvgIpc) is 2.10. The maximum atomic E-state index is 10.6. The molecule has 0 rings (SSSR count). The Morgan fingerprint density at radius 1 is 1.13 bits per heavy atom. The van der Waals surface area contributed by atoms with Crippen LogP contribution < -0.4 is 17.2 Å². The Morgan fingerprint density at radius 2 is 1.67 bits per heavy atom. The topological polar surface area (TPSA) is 165 Å². The molecule has 2 atom stereocenters. The van der Waals surface area contributed by atoms with Crippen LogP contribution in [0.15, 0.2) is 4.99 Å². The molecular formula is C7H14N4O4. The fourth-order valence-electron chi connectivity index (χ4n) is 0.884. The van der Waals surface area contributed by atoms with E-state index < -0.39 is 24.0 Å². The van der Waals surface area contributed by atoms with Crippen molar-refractivity contribution in [3.63, 3.8) is 0 Å². The monoisotopic (exact) mass is 218 g/mol. The lowest BCUT2D eigenvalue weighted by Crippen LogP contribution is -2.33. The third kappa shape index (κ3) is 5.47. The zero-order valence-corrected chi connectivity index (χ0v) is 7.96. The molecule has 86 valence electrons. The van der Waals surface area contributed by atoms with E-state index in [1.807, 2.05) is 0 Å². The second kappa shape index (κ2) is 5.81. The van der Waals surface area contributed by atoms with Gasteiger partial charge < -0.3 is 27.4 Å². The fourth-order valence-corrected chi connectivity index (χ4v) is 0.884. The van der Waals surface area contributed by atoms with Crippen LogP contribution in [0, 0.1) is 0 Å². The molecule has 15 heavy (non-hydrogen) atoms. The molecule has 0 saturated heterocycles. The first-order valence-electron chi connectivity index (χ1n) is 4.14. The van der Waals surface area contributed by atoms with Gasteiger partial charge in [-0.25, -0.2) is 9.79 Å². The van der Waals surface area contributed by atoms with E-state index in [9.17, 15) is 9.59 Å². The minimum absolute atomic E-state index is 0.0108. The number of nitrogens with two attached hydrogens (primary N) is 3. The molecule has 1 unspecified atom stereocenters. The number of rotatable bonds is 6. The van der Waals surface area contributed by atoms with Crippen LogP contribution in [0.1, 0.15) is 12.8 Å². The van der Waals surface area contributed by atoms with E-state index in [0.29, 0.717) is 0 Å². The number of carbonyl (C=O) groups is 2. The average molecular weight is 218 g/mol. The van der Waals surface area contributed by atoms with Crippen molar-refractivity contribution in [1.29, 1.82) is 0 Å². The summed E-state index contributed by atoms with van der Waals surface area (Å²) in [6.45, 7) is 0. The van der Waals surface area contributed by atoms with Crippen molar-refractivity contribution < 1.29 is 19.8 Å². The van der Waals surface area contributed by atoms with Crippen LogP contribution >= 0.6 is 0 Å². The lowest BCUT2D eigenvalue weighted by molar-refractivity contribution is -0.141. The van der Waals surface area contributed by atoms with Crippen molar-refractivity contribution >= 4 is 17.9 Å². The third-order valence-corrected chi connectivity index (χ3v) is 1.66. The molecule has 0 fully saturated rings. The Labute approximate surface area is 85.8 Å². The molecule has 0 aliphatic heterocycles. The summed E-state index contributed by atoms with van der Waals surface area (Å²) in [6, 6.07) is -2.26. The van der Waals surface area contributed by atoms with E-state index in [-0.39, 0.29) is 18.8 Å². The van der Waals surface area contributed by atoms with E-state index >= 15 is 0 Å². The second-order valence-corrected chi connectivity index (χ2v) is 2.93. The van der Waals surface area contributed by atoms with Crippen LogP contribution in [0.4, 0.5) is 0 Å². The molecule has 0 aromatic heterocycles. The maximum absolute atomic E-state index is 10.6. The van der Waals surface area contributed by atoms with Crippen LogP contribution in [-0.4, -0.2) is 40.2 Å². The molecule has 8 heteroatoms. The first kappa shape index (κ1) is 13.2. The summed E-state index contributed by atoms with van der Waals surface area (Å²) in [5.74, 6) is -2.77. The standard InChI is InChI=1S/C7H14N4O4/c8-3(5(12)13)1-2-4(6(14)15)11-7(9)10/h3-4H,1-2,8H2,(H,12,13)(H,14,15)(H4,9,10,11)/t3-,4?/m0/s1. The summed E-state index contributed by atoms with van der Waals surface area (Å²) >= 11 is 0. The van der Waals surface area contributed by atoms with Gasteiger partial charge in [-0.05, 0) is 12.8 Å². The summed E-state index contributed by atoms with van der Waals surface area (Å²) in [5, 5.41) is 17.1. The molecule has 0 heterocycles. The molecule has 0 aromatic carbocycles. The summed E-state index contributed by atoms with van der Waals surface area (Å²) < 4.78 is 0. The molecule has 0 amide bonds. The van der Waals surface area contributed by atoms with E-state index in [0.717, 1.165) is 0 Å². The molecular weight excluding hydrogens is 204 g/mol. The molecule has 0 aliphatic carbocycles. The number of carboxylic acids is 2. The van der Waals surface area contributed by atoms with Crippen LogP contribution in [0.5, 0.6) is 0 Å². The Morgan fingerprint density at radius 3 is 2.00 bits per heavy atom. The maximum Gasteiger partial charge on any atom is 0.328 e. The van der Waals surface area contributed by atoms with Crippen LogP contribution in [0.2, 0.25) is 0 Å². The van der Waals surface area contributed by atoms with E-state index in [2.05, 4.69) is 4.99 Å². The number of nitrogens with zero attached hydrogens (tertiary/aromatic N) is 1. The predicted octanol–water partition coefficient (Wildman–Crippen LogP) is -2.09. The van der Waals surface area contributed by atoms with Gasteiger partial charge in [0.15, 0.2) is 12.0 Å². The minimum atomic E-state index is -1.22. The van der Waals surface area contributed by atoms with Crippen LogP contribution in [0.25, 0.3) is 0 Å². The Kier molecular flexibility index (Phi) is 5.10. The molecule has 0 spiro atoms. The molecule has 8 nitrogen and oxygen atoms in total. The van der Waals surface area contributed by atoms with Crippen molar-refractivity contribution in [3.8, 4) is 0 Å². The van der Waals surface area contributed by atoms with Gasteiger partial charge >= 0.3 is 11.9 Å². The normalized spacial score (nSPS) is 13.9. The van der Waals surface area contributed by atoms with Crippen LogP contribution in [0.3, 0.4) is 0 Å². The van der Waals surface area contributed by atoms with Crippen molar-refractivity contribution in [3.05, 3.63) is 0 Å². The van der Waals surface area contributed by atoms with Crippen molar-refractivity contribution in [2.75, 3.05) is 0 Å². The summed E-state index contributed by atoms with van der Waals surface area (Å²) in [6.07, 6.45) is -0.0379.